The standard InChI is InChI=1S/C18H25O4/c1-2-3-4-5-6-7-8-9-10-14-11-15(17(19)20)13-16(12-14)18(21)22/h11-13H,1-10H2,(H,19,20)(H,21,22). The summed E-state index contributed by atoms with van der Waals surface area (Å²) >= 11 is 0. The van der Waals surface area contributed by atoms with Crippen molar-refractivity contribution in [3.63, 3.8) is 0 Å². The van der Waals surface area contributed by atoms with Crippen LogP contribution in [-0.4, -0.2) is 22.2 Å². The minimum Gasteiger partial charge on any atom is -0.478 e. The average Bonchev–Trinajstić information content (AvgIpc) is 2.49. The van der Waals surface area contributed by atoms with Crippen molar-refractivity contribution in [1.82, 2.24) is 0 Å². The SMILES string of the molecule is [CH2]CCCCCCCCCc1cc(C(=O)O)cc(C(=O)O)c1. The number of hydrogen-bond donors (Lipinski definition) is 2. The Morgan fingerprint density at radius 1 is 0.773 bits per heavy atom. The van der Waals surface area contributed by atoms with E-state index in [-0.39, 0.29) is 11.1 Å². The molecule has 0 unspecified atom stereocenters. The van der Waals surface area contributed by atoms with Gasteiger partial charge >= 0.3 is 11.9 Å². The summed E-state index contributed by atoms with van der Waals surface area (Å²) in [5.41, 5.74) is 0.875. The summed E-state index contributed by atoms with van der Waals surface area (Å²) in [4.78, 5) is 22.1. The Hall–Kier alpha value is -1.84. The average molecular weight is 305 g/mol. The van der Waals surface area contributed by atoms with Gasteiger partial charge < -0.3 is 10.2 Å². The molecule has 4 heteroatoms. The van der Waals surface area contributed by atoms with Crippen LogP contribution in [0.5, 0.6) is 0 Å². The first kappa shape index (κ1) is 18.2. The molecule has 1 aromatic carbocycles. The van der Waals surface area contributed by atoms with E-state index in [2.05, 4.69) is 6.92 Å². The monoisotopic (exact) mass is 305 g/mol. The van der Waals surface area contributed by atoms with Crippen molar-refractivity contribution < 1.29 is 19.8 Å². The summed E-state index contributed by atoms with van der Waals surface area (Å²) in [6.07, 6.45) is 9.84. The third kappa shape index (κ3) is 6.74. The van der Waals surface area contributed by atoms with Gasteiger partial charge in [-0.05, 0) is 36.6 Å². The van der Waals surface area contributed by atoms with Crippen LogP contribution < -0.4 is 0 Å². The summed E-state index contributed by atoms with van der Waals surface area (Å²) in [7, 11) is 0. The molecule has 0 aromatic heterocycles. The molecule has 22 heavy (non-hydrogen) atoms. The van der Waals surface area contributed by atoms with E-state index in [4.69, 9.17) is 10.2 Å². The highest BCUT2D eigenvalue weighted by atomic mass is 16.4. The fraction of sp³-hybridized carbons (Fsp3) is 0.500. The predicted octanol–water partition coefficient (Wildman–Crippen LogP) is 4.58. The number of carboxylic acids is 2. The number of carbonyl (C=O) groups is 2. The molecule has 2 N–H and O–H groups in total. The highest BCUT2D eigenvalue weighted by Gasteiger charge is 2.11. The van der Waals surface area contributed by atoms with Gasteiger partial charge in [-0.3, -0.25) is 0 Å². The van der Waals surface area contributed by atoms with Crippen molar-refractivity contribution in [2.24, 2.45) is 0 Å². The van der Waals surface area contributed by atoms with E-state index >= 15 is 0 Å². The van der Waals surface area contributed by atoms with Crippen LogP contribution in [0.3, 0.4) is 0 Å². The molecule has 0 fully saturated rings. The molecule has 0 bridgehead atoms. The predicted molar refractivity (Wildman–Crippen MR) is 86.4 cm³/mol. The molecule has 0 spiro atoms. The van der Waals surface area contributed by atoms with E-state index < -0.39 is 11.9 Å². The van der Waals surface area contributed by atoms with Crippen molar-refractivity contribution in [1.29, 1.82) is 0 Å². The summed E-state index contributed by atoms with van der Waals surface area (Å²) in [6, 6.07) is 4.35. The Balaban J connectivity index is 2.42. The Bertz CT molecular complexity index is 462. The van der Waals surface area contributed by atoms with Crippen molar-refractivity contribution in [3.8, 4) is 0 Å². The van der Waals surface area contributed by atoms with Crippen molar-refractivity contribution >= 4 is 11.9 Å². The van der Waals surface area contributed by atoms with Gasteiger partial charge in [-0.2, -0.15) is 0 Å². The Labute approximate surface area is 132 Å². The molecular formula is C18H25O4. The molecule has 1 aromatic rings. The van der Waals surface area contributed by atoms with Crippen LogP contribution >= 0.6 is 0 Å². The molecule has 1 rings (SSSR count). The minimum absolute atomic E-state index is 0.0445. The maximum atomic E-state index is 11.0. The molecule has 0 aliphatic carbocycles. The van der Waals surface area contributed by atoms with E-state index in [1.165, 1.54) is 38.2 Å². The third-order valence-corrected chi connectivity index (χ3v) is 3.70. The molecular weight excluding hydrogens is 280 g/mol. The summed E-state index contributed by atoms with van der Waals surface area (Å²) in [5.74, 6) is -2.18. The smallest absolute Gasteiger partial charge is 0.335 e. The van der Waals surface area contributed by atoms with Gasteiger partial charge in [-0.25, -0.2) is 9.59 Å². The first-order valence-electron chi connectivity index (χ1n) is 7.94. The summed E-state index contributed by atoms with van der Waals surface area (Å²) in [6.45, 7) is 3.82. The second-order valence-electron chi connectivity index (χ2n) is 5.61. The number of benzene rings is 1. The molecule has 0 saturated heterocycles. The lowest BCUT2D eigenvalue weighted by Crippen LogP contribution is -2.04. The number of aryl methyl sites for hydroxylation is 1. The van der Waals surface area contributed by atoms with Crippen LogP contribution in [-0.2, 0) is 6.42 Å². The van der Waals surface area contributed by atoms with Gasteiger partial charge in [0.15, 0.2) is 0 Å². The maximum Gasteiger partial charge on any atom is 0.335 e. The Kier molecular flexibility index (Phi) is 8.26. The molecule has 0 heterocycles. The zero-order valence-corrected chi connectivity index (χ0v) is 13.0. The molecule has 0 amide bonds. The van der Waals surface area contributed by atoms with Crippen LogP contribution in [0.4, 0.5) is 0 Å². The van der Waals surface area contributed by atoms with E-state index in [9.17, 15) is 9.59 Å². The molecule has 0 aliphatic heterocycles. The lowest BCUT2D eigenvalue weighted by Gasteiger charge is -2.06. The molecule has 121 valence electrons. The summed E-state index contributed by atoms with van der Waals surface area (Å²) < 4.78 is 0. The van der Waals surface area contributed by atoms with Crippen LogP contribution in [0.25, 0.3) is 0 Å². The van der Waals surface area contributed by atoms with Gasteiger partial charge in [-0.15, -0.1) is 0 Å². The number of hydrogen-bond acceptors (Lipinski definition) is 2. The minimum atomic E-state index is -1.09. The number of carboxylic acid groups (broad SMARTS) is 2. The molecule has 0 saturated carbocycles. The highest BCUT2D eigenvalue weighted by Crippen LogP contribution is 2.15. The zero-order valence-electron chi connectivity index (χ0n) is 13.0. The first-order chi connectivity index (χ1) is 10.5. The maximum absolute atomic E-state index is 11.0. The fourth-order valence-electron chi connectivity index (χ4n) is 2.47. The Morgan fingerprint density at radius 2 is 1.23 bits per heavy atom. The van der Waals surface area contributed by atoms with Crippen molar-refractivity contribution in [2.45, 2.75) is 57.8 Å². The van der Waals surface area contributed by atoms with Gasteiger partial charge in [0.2, 0.25) is 0 Å². The van der Waals surface area contributed by atoms with Crippen molar-refractivity contribution in [2.75, 3.05) is 0 Å². The number of unbranched alkanes of at least 4 members (excludes halogenated alkanes) is 7. The van der Waals surface area contributed by atoms with Crippen LogP contribution in [0.15, 0.2) is 18.2 Å². The Morgan fingerprint density at radius 3 is 1.68 bits per heavy atom. The highest BCUT2D eigenvalue weighted by molar-refractivity contribution is 5.94. The van der Waals surface area contributed by atoms with Crippen molar-refractivity contribution in [3.05, 3.63) is 41.8 Å². The first-order valence-corrected chi connectivity index (χ1v) is 7.94. The largest absolute Gasteiger partial charge is 0.478 e. The van der Waals surface area contributed by atoms with Gasteiger partial charge in [0, 0.05) is 0 Å². The van der Waals surface area contributed by atoms with E-state index in [1.54, 1.807) is 12.1 Å². The molecule has 4 nitrogen and oxygen atoms in total. The number of rotatable bonds is 11. The lowest BCUT2D eigenvalue weighted by molar-refractivity contribution is 0.0696. The second-order valence-corrected chi connectivity index (χ2v) is 5.61. The molecule has 0 atom stereocenters. The van der Waals surface area contributed by atoms with Crippen LogP contribution in [0.1, 0.15) is 77.6 Å². The molecule has 1 radical (unpaired) electrons. The topological polar surface area (TPSA) is 74.6 Å². The fourth-order valence-corrected chi connectivity index (χ4v) is 2.47. The van der Waals surface area contributed by atoms with Gasteiger partial charge in [0.05, 0.1) is 11.1 Å². The van der Waals surface area contributed by atoms with E-state index in [1.807, 2.05) is 0 Å². The second kappa shape index (κ2) is 9.98. The lowest BCUT2D eigenvalue weighted by atomic mass is 10.00. The normalized spacial score (nSPS) is 10.6. The summed E-state index contributed by atoms with van der Waals surface area (Å²) in [5, 5.41) is 18.1. The van der Waals surface area contributed by atoms with E-state index in [0.717, 1.165) is 31.2 Å². The zero-order chi connectivity index (χ0) is 16.4. The van der Waals surface area contributed by atoms with Crippen LogP contribution in [0, 0.1) is 6.92 Å². The van der Waals surface area contributed by atoms with E-state index in [0.29, 0.717) is 0 Å². The van der Waals surface area contributed by atoms with Gasteiger partial charge in [-0.1, -0.05) is 51.9 Å². The third-order valence-electron chi connectivity index (χ3n) is 3.70. The van der Waals surface area contributed by atoms with Gasteiger partial charge in [0.25, 0.3) is 0 Å². The number of aromatic carboxylic acids is 2. The quantitative estimate of drug-likeness (QED) is 0.587. The van der Waals surface area contributed by atoms with Gasteiger partial charge in [0.1, 0.15) is 0 Å². The van der Waals surface area contributed by atoms with Crippen LogP contribution in [0.2, 0.25) is 0 Å². The molecule has 0 aliphatic rings.